The number of carbonyl (C=O) groups excluding carboxylic acids is 1. The fourth-order valence-corrected chi connectivity index (χ4v) is 0. The van der Waals surface area contributed by atoms with Crippen molar-refractivity contribution in [1.29, 1.82) is 1.34 Å². The van der Waals surface area contributed by atoms with Gasteiger partial charge in [0.05, 0.1) is 7.85 Å². The minimum atomic E-state index is -0.333. The van der Waals surface area contributed by atoms with Gasteiger partial charge in [-0.15, -0.1) is 0 Å². The molecule has 0 heterocycles. The van der Waals surface area contributed by atoms with Crippen LogP contribution >= 0.6 is 22.4 Å². The van der Waals surface area contributed by atoms with Crippen LogP contribution in [0.5, 0.6) is 0 Å². The van der Waals surface area contributed by atoms with Crippen molar-refractivity contribution in [1.82, 2.24) is 0 Å². The van der Waals surface area contributed by atoms with E-state index in [1.54, 1.807) is 0 Å². The molecule has 2 N–H and O–H groups in total. The van der Waals surface area contributed by atoms with E-state index in [1.807, 2.05) is 22.4 Å². The van der Waals surface area contributed by atoms with Crippen molar-refractivity contribution in [2.24, 2.45) is 5.73 Å². The van der Waals surface area contributed by atoms with Crippen LogP contribution in [0.15, 0.2) is 0 Å². The third-order valence-electron chi connectivity index (χ3n) is 0. The average Bonchev–Trinajstić information content (AvgIpc) is 2.06. The molecule has 3 radical (unpaired) electrons. The number of carbonyl (C=O) groups is 1. The Morgan fingerprint density at radius 2 is 1.38 bits per heavy atom. The van der Waals surface area contributed by atoms with E-state index < -0.39 is 0 Å². The SMILES string of the molecule is C.C.CC(N)=O.CCC.CCC.[3H]C[B].[3H][B]I. The molecular weight excluding hydrogens is 311 g/mol. The summed E-state index contributed by atoms with van der Waals surface area (Å²) in [5.74, 6) is -0.333. The molecule has 0 aromatic carbocycles. The maximum absolute atomic E-state index is 9.22. The molecule has 0 aliphatic heterocycles. The predicted octanol–water partition coefficient (Wildman–Crippen LogP) is 4.04. The molecule has 0 bridgehead atoms. The number of nitrogens with two attached hydrogens (primary N) is 1. The van der Waals surface area contributed by atoms with E-state index in [2.05, 4.69) is 41.3 Å². The monoisotopic (exact) mass is 348 g/mol. The van der Waals surface area contributed by atoms with E-state index in [4.69, 9.17) is 2.71 Å². The Morgan fingerprint density at radius 3 is 1.38 bits per heavy atom. The fraction of sp³-hybridized carbons (Fsp3) is 0.909. The van der Waals surface area contributed by atoms with Crippen molar-refractivity contribution in [2.45, 2.75) is 69.1 Å². The van der Waals surface area contributed by atoms with Gasteiger partial charge in [0, 0.05) is 8.29 Å². The summed E-state index contributed by atoms with van der Waals surface area (Å²) in [5.41, 5.74) is 5.69. The van der Waals surface area contributed by atoms with Gasteiger partial charge in [-0.1, -0.05) is 62.2 Å². The predicted molar refractivity (Wildman–Crippen MR) is 93.0 cm³/mol. The molecule has 0 spiro atoms. The molecule has 1 amide bonds. The summed E-state index contributed by atoms with van der Waals surface area (Å²) in [5, 5.41) is 0. The van der Waals surface area contributed by atoms with Gasteiger partial charge in [-0.2, -0.15) is 22.4 Å². The highest BCUT2D eigenvalue weighted by atomic mass is 127. The van der Waals surface area contributed by atoms with Crippen LogP contribution in [0.1, 0.15) is 63.7 Å². The average molecular weight is 348 g/mol. The minimum Gasteiger partial charge on any atom is -0.370 e. The summed E-state index contributed by atoms with van der Waals surface area (Å²) >= 11 is 1.83. The van der Waals surface area contributed by atoms with E-state index >= 15 is 0 Å². The lowest BCUT2D eigenvalue weighted by Crippen LogP contribution is -2.01. The van der Waals surface area contributed by atoms with Gasteiger partial charge in [-0.05, 0) is 1.34 Å². The smallest absolute Gasteiger partial charge is 0.214 e. The van der Waals surface area contributed by atoms with Crippen LogP contribution in [0.2, 0.25) is 6.80 Å². The molecule has 0 fully saturated rings. The number of amides is 1. The largest absolute Gasteiger partial charge is 0.370 e. The molecule has 5 heteroatoms. The first-order chi connectivity index (χ1) is 7.39. The second kappa shape index (κ2) is 111. The Labute approximate surface area is 124 Å². The first-order valence-corrected chi connectivity index (χ1v) is 5.69. The summed E-state index contributed by atoms with van der Waals surface area (Å²) in [6, 6.07) is 0. The molecule has 0 aliphatic rings. The number of halogens is 1. The molecule has 0 saturated carbocycles. The summed E-state index contributed by atoms with van der Waals surface area (Å²) in [7, 11) is 4.51. The molecule has 101 valence electrons. The van der Waals surface area contributed by atoms with Gasteiger partial charge in [0.15, 0.2) is 5.67 Å². The number of primary amides is 1. The third kappa shape index (κ3) is 23400. The van der Waals surface area contributed by atoms with E-state index in [1.165, 1.54) is 25.4 Å². The summed E-state index contributed by atoms with van der Waals surface area (Å²) < 4.78 is 12.1. The number of hydrogen-bond donors (Lipinski definition) is 1. The highest BCUT2D eigenvalue weighted by Gasteiger charge is 1.61. The maximum atomic E-state index is 9.22. The summed E-state index contributed by atoms with van der Waals surface area (Å²) in [6.45, 7) is 9.81. The van der Waals surface area contributed by atoms with Crippen LogP contribution in [-0.4, -0.2) is 20.8 Å². The molecule has 0 rings (SSSR count). The zero-order valence-electron chi connectivity index (χ0n) is 12.1. The molecule has 0 atom stereocenters. The van der Waals surface area contributed by atoms with E-state index in [9.17, 15) is 4.79 Å². The Balaban J connectivity index is -0.0000000164. The maximum Gasteiger partial charge on any atom is 0.214 e. The third-order valence-corrected chi connectivity index (χ3v) is 0. The van der Waals surface area contributed by atoms with Crippen LogP contribution in [0.3, 0.4) is 0 Å². The quantitative estimate of drug-likeness (QED) is 0.521. The van der Waals surface area contributed by atoms with Crippen molar-refractivity contribution in [2.75, 3.05) is 0 Å². The molecule has 0 aromatic rings. The van der Waals surface area contributed by atoms with Crippen LogP contribution in [0.25, 0.3) is 0 Å². The van der Waals surface area contributed by atoms with Gasteiger partial charge in [0.2, 0.25) is 5.91 Å². The molecule has 0 saturated heterocycles. The van der Waals surface area contributed by atoms with E-state index in [0.29, 0.717) is 0 Å². The molecule has 0 aliphatic carbocycles. The summed E-state index contributed by atoms with van der Waals surface area (Å²) in [4.78, 5) is 9.22. The van der Waals surface area contributed by atoms with Crippen molar-refractivity contribution < 1.29 is 6.17 Å². The van der Waals surface area contributed by atoms with Crippen molar-refractivity contribution in [3.8, 4) is 0 Å². The molecular formula is C11H33B2INO. The van der Waals surface area contributed by atoms with Crippen LogP contribution in [0.4, 0.5) is 0 Å². The lowest BCUT2D eigenvalue weighted by Gasteiger charge is -1.60. The molecule has 0 unspecified atom stereocenters. The van der Waals surface area contributed by atoms with Crippen LogP contribution in [0, 0.1) is 0 Å². The summed E-state index contributed by atoms with van der Waals surface area (Å²) in [6.07, 6.45) is 2.50. The fourth-order valence-electron chi connectivity index (χ4n) is 0. The van der Waals surface area contributed by atoms with Gasteiger partial charge in [-0.25, -0.2) is 0 Å². The Hall–Kier alpha value is 0.330. The first kappa shape index (κ1) is 29.9. The zero-order valence-corrected chi connectivity index (χ0v) is 12.3. The number of hydrogen-bond acceptors (Lipinski definition) is 1. The second-order valence-electron chi connectivity index (χ2n) is 2.02. The van der Waals surface area contributed by atoms with Gasteiger partial charge in [0.25, 0.3) is 0 Å². The Bertz CT molecular complexity index is 83.4. The standard InChI is InChI=1S/2C3H8.C2H5NO.CH3B.2CH4.BHI/c2*1-3-2;1-2(3)4;1-2;;;1-2/h2*3H2,1-2H3;1H3,(H2,3,4);1H3;2*1H4;1H/i;;;1T;;;1T. The normalized spacial score (nSPS) is 5.88. The van der Waals surface area contributed by atoms with E-state index in [-0.39, 0.29) is 27.6 Å². The first-order valence-electron chi connectivity index (χ1n) is 5.73. The highest BCUT2D eigenvalue weighted by molar-refractivity contribution is 14.1. The van der Waals surface area contributed by atoms with Gasteiger partial charge in [-0.3, -0.25) is 4.79 Å². The van der Waals surface area contributed by atoms with Gasteiger partial charge >= 0.3 is 0 Å². The van der Waals surface area contributed by atoms with Crippen molar-refractivity contribution in [3.05, 3.63) is 0 Å². The Morgan fingerprint density at radius 1 is 1.38 bits per heavy atom. The molecule has 0 aromatic heterocycles. The van der Waals surface area contributed by atoms with E-state index in [0.717, 1.165) is 0 Å². The van der Waals surface area contributed by atoms with Gasteiger partial charge < -0.3 is 5.73 Å². The lowest BCUT2D eigenvalue weighted by atomic mass is 10.2. The lowest BCUT2D eigenvalue weighted by molar-refractivity contribution is -0.115. The minimum absolute atomic E-state index is 0. The Kier molecular flexibility index (Phi) is 207. The number of rotatable bonds is 0. The highest BCUT2D eigenvalue weighted by Crippen LogP contribution is 1.56. The topological polar surface area (TPSA) is 43.1 Å². The van der Waals surface area contributed by atoms with Crippen LogP contribution < -0.4 is 5.73 Å². The molecule has 2 nitrogen and oxygen atoms in total. The van der Waals surface area contributed by atoms with Crippen LogP contribution in [-0.2, 0) is 4.79 Å². The zero-order chi connectivity index (χ0) is 14.4. The van der Waals surface area contributed by atoms with Crippen molar-refractivity contribution in [3.63, 3.8) is 0 Å². The second-order valence-corrected chi connectivity index (χ2v) is 2.02. The molecule has 16 heavy (non-hydrogen) atoms. The van der Waals surface area contributed by atoms with Gasteiger partial charge in [0.1, 0.15) is 0 Å². The van der Waals surface area contributed by atoms with Crippen molar-refractivity contribution >= 4 is 41.8 Å².